The van der Waals surface area contributed by atoms with Crippen LogP contribution in [-0.2, 0) is 0 Å². The van der Waals surface area contributed by atoms with Crippen molar-refractivity contribution in [3.05, 3.63) is 53.8 Å². The van der Waals surface area contributed by atoms with Gasteiger partial charge in [0.05, 0.1) is 19.9 Å². The number of thiocarbonyl (C=S) groups is 1. The Kier molecular flexibility index (Phi) is 6.51. The highest BCUT2D eigenvalue weighted by Gasteiger charge is 2.02. The molecule has 0 heterocycles. The van der Waals surface area contributed by atoms with Gasteiger partial charge in [0.2, 0.25) is 0 Å². The molecule has 0 saturated heterocycles. The number of hydrazone groups is 1. The van der Waals surface area contributed by atoms with Crippen LogP contribution in [0, 0.1) is 5.82 Å². The molecule has 0 bridgehead atoms. The minimum Gasteiger partial charge on any atom is -0.494 e. The second kappa shape index (κ2) is 8.83. The first-order valence-corrected chi connectivity index (χ1v) is 7.69. The van der Waals surface area contributed by atoms with Gasteiger partial charge >= 0.3 is 0 Å². The summed E-state index contributed by atoms with van der Waals surface area (Å²) in [4.78, 5) is 0. The van der Waals surface area contributed by atoms with E-state index in [1.807, 2.05) is 31.2 Å². The van der Waals surface area contributed by atoms with Crippen molar-refractivity contribution in [1.82, 2.24) is 5.43 Å². The number of nitrogens with zero attached hydrogens (tertiary/aromatic N) is 1. The van der Waals surface area contributed by atoms with E-state index in [4.69, 9.17) is 21.7 Å². The Morgan fingerprint density at radius 2 is 2.00 bits per heavy atom. The van der Waals surface area contributed by atoms with Gasteiger partial charge in [-0.1, -0.05) is 0 Å². The van der Waals surface area contributed by atoms with E-state index in [0.717, 1.165) is 11.4 Å². The summed E-state index contributed by atoms with van der Waals surface area (Å²) in [5, 5.41) is 7.28. The van der Waals surface area contributed by atoms with Crippen molar-refractivity contribution in [1.29, 1.82) is 0 Å². The molecule has 2 aromatic rings. The normalized spacial score (nSPS) is 10.5. The number of rotatable bonds is 6. The maximum absolute atomic E-state index is 13.6. The van der Waals surface area contributed by atoms with Crippen LogP contribution in [0.4, 0.5) is 10.1 Å². The van der Waals surface area contributed by atoms with Gasteiger partial charge in [0.15, 0.2) is 16.7 Å². The summed E-state index contributed by atoms with van der Waals surface area (Å²) in [7, 11) is 1.42. The van der Waals surface area contributed by atoms with Crippen LogP contribution in [0.5, 0.6) is 11.5 Å². The van der Waals surface area contributed by atoms with E-state index in [2.05, 4.69) is 15.8 Å². The molecule has 0 amide bonds. The molecular weight excluding hydrogens is 329 g/mol. The molecule has 5 nitrogen and oxygen atoms in total. The van der Waals surface area contributed by atoms with Gasteiger partial charge < -0.3 is 14.8 Å². The van der Waals surface area contributed by atoms with Crippen LogP contribution >= 0.6 is 12.2 Å². The number of hydrogen-bond donors (Lipinski definition) is 2. The molecule has 0 atom stereocenters. The van der Waals surface area contributed by atoms with Gasteiger partial charge in [0.1, 0.15) is 5.75 Å². The average molecular weight is 347 g/mol. The molecule has 0 aliphatic carbocycles. The zero-order valence-electron chi connectivity index (χ0n) is 13.4. The Bertz CT molecular complexity index is 720. The van der Waals surface area contributed by atoms with E-state index in [0.29, 0.717) is 17.3 Å². The molecule has 0 spiro atoms. The number of ether oxygens (including phenoxy) is 2. The Hall–Kier alpha value is -2.67. The van der Waals surface area contributed by atoms with Crippen molar-refractivity contribution in [3.63, 3.8) is 0 Å². The smallest absolute Gasteiger partial charge is 0.191 e. The second-order valence-electron chi connectivity index (χ2n) is 4.68. The maximum Gasteiger partial charge on any atom is 0.191 e. The lowest BCUT2D eigenvalue weighted by molar-refractivity contribution is 0.340. The van der Waals surface area contributed by atoms with E-state index in [1.165, 1.54) is 25.5 Å². The topological polar surface area (TPSA) is 54.9 Å². The van der Waals surface area contributed by atoms with Gasteiger partial charge in [-0.3, -0.25) is 5.43 Å². The number of hydrogen-bond acceptors (Lipinski definition) is 4. The molecule has 7 heteroatoms. The largest absolute Gasteiger partial charge is 0.494 e. The van der Waals surface area contributed by atoms with Crippen molar-refractivity contribution in [2.75, 3.05) is 19.0 Å². The zero-order valence-corrected chi connectivity index (χ0v) is 14.2. The molecule has 24 heavy (non-hydrogen) atoms. The van der Waals surface area contributed by atoms with Crippen LogP contribution in [0.25, 0.3) is 0 Å². The monoisotopic (exact) mass is 347 g/mol. The van der Waals surface area contributed by atoms with Crippen LogP contribution in [0.3, 0.4) is 0 Å². The molecule has 0 aromatic heterocycles. The van der Waals surface area contributed by atoms with Crippen LogP contribution < -0.4 is 20.2 Å². The van der Waals surface area contributed by atoms with E-state index >= 15 is 0 Å². The molecule has 0 unspecified atom stereocenters. The second-order valence-corrected chi connectivity index (χ2v) is 5.08. The minimum atomic E-state index is -0.448. The summed E-state index contributed by atoms with van der Waals surface area (Å²) in [5.74, 6) is 0.533. The number of halogens is 1. The Labute approximate surface area is 145 Å². The first-order valence-electron chi connectivity index (χ1n) is 7.29. The molecule has 0 saturated carbocycles. The van der Waals surface area contributed by atoms with Crippen LogP contribution in [-0.4, -0.2) is 25.0 Å². The lowest BCUT2D eigenvalue weighted by Crippen LogP contribution is -2.23. The highest BCUT2D eigenvalue weighted by Crippen LogP contribution is 2.17. The van der Waals surface area contributed by atoms with Gasteiger partial charge in [0, 0.05) is 5.69 Å². The fraction of sp³-hybridized carbons (Fsp3) is 0.176. The summed E-state index contributed by atoms with van der Waals surface area (Å²) in [6.45, 7) is 2.55. The predicted molar refractivity (Wildman–Crippen MR) is 97.5 cm³/mol. The predicted octanol–water partition coefficient (Wildman–Crippen LogP) is 3.55. The number of anilines is 1. The Morgan fingerprint density at radius 3 is 2.62 bits per heavy atom. The van der Waals surface area contributed by atoms with Crippen molar-refractivity contribution in [2.24, 2.45) is 5.10 Å². The number of nitrogens with one attached hydrogen (secondary N) is 2. The van der Waals surface area contributed by atoms with Gasteiger partial charge in [-0.2, -0.15) is 5.10 Å². The molecule has 0 aliphatic rings. The first kappa shape index (κ1) is 17.7. The van der Waals surface area contributed by atoms with E-state index in [-0.39, 0.29) is 5.75 Å². The average Bonchev–Trinajstić information content (AvgIpc) is 2.57. The fourth-order valence-corrected chi connectivity index (χ4v) is 2.06. The fourth-order valence-electron chi connectivity index (χ4n) is 1.89. The first-order chi connectivity index (χ1) is 11.6. The maximum atomic E-state index is 13.6. The summed E-state index contributed by atoms with van der Waals surface area (Å²) >= 11 is 5.14. The Balaban J connectivity index is 1.87. The highest BCUT2D eigenvalue weighted by atomic mass is 32.1. The van der Waals surface area contributed by atoms with E-state index in [9.17, 15) is 4.39 Å². The highest BCUT2D eigenvalue weighted by molar-refractivity contribution is 7.80. The quantitative estimate of drug-likeness (QED) is 0.475. The van der Waals surface area contributed by atoms with Crippen LogP contribution in [0.2, 0.25) is 0 Å². The summed E-state index contributed by atoms with van der Waals surface area (Å²) < 4.78 is 23.8. The summed E-state index contributed by atoms with van der Waals surface area (Å²) in [6.07, 6.45) is 1.47. The molecule has 0 radical (unpaired) electrons. The number of benzene rings is 2. The molecule has 0 fully saturated rings. The van der Waals surface area contributed by atoms with E-state index in [1.54, 1.807) is 6.07 Å². The molecule has 2 aromatic carbocycles. The van der Waals surface area contributed by atoms with Gasteiger partial charge in [-0.25, -0.2) is 4.39 Å². The van der Waals surface area contributed by atoms with Gasteiger partial charge in [0.25, 0.3) is 0 Å². The van der Waals surface area contributed by atoms with Crippen LogP contribution in [0.1, 0.15) is 12.5 Å². The van der Waals surface area contributed by atoms with Crippen molar-refractivity contribution >= 4 is 29.2 Å². The van der Waals surface area contributed by atoms with Crippen molar-refractivity contribution in [3.8, 4) is 11.5 Å². The Morgan fingerprint density at radius 1 is 1.25 bits per heavy atom. The summed E-state index contributed by atoms with van der Waals surface area (Å²) in [6, 6.07) is 11.9. The van der Waals surface area contributed by atoms with Crippen LogP contribution in [0.15, 0.2) is 47.6 Å². The van der Waals surface area contributed by atoms with Gasteiger partial charge in [-0.15, -0.1) is 0 Å². The van der Waals surface area contributed by atoms with Crippen molar-refractivity contribution in [2.45, 2.75) is 6.92 Å². The lowest BCUT2D eigenvalue weighted by Gasteiger charge is -2.08. The minimum absolute atomic E-state index is 0.188. The molecule has 2 N–H and O–H groups in total. The van der Waals surface area contributed by atoms with E-state index < -0.39 is 5.82 Å². The molecular formula is C17H18FN3O2S. The summed E-state index contributed by atoms with van der Waals surface area (Å²) in [5.41, 5.74) is 4.07. The molecule has 2 rings (SSSR count). The third kappa shape index (κ3) is 5.20. The molecule has 0 aliphatic heterocycles. The molecule has 126 valence electrons. The third-order valence-corrected chi connectivity index (χ3v) is 3.17. The number of methoxy groups -OCH3 is 1. The zero-order chi connectivity index (χ0) is 17.4. The van der Waals surface area contributed by atoms with Crippen molar-refractivity contribution < 1.29 is 13.9 Å². The third-order valence-electron chi connectivity index (χ3n) is 2.98. The standard InChI is InChI=1S/C17H18FN3O2S/c1-3-23-14-7-5-13(6-8-14)20-17(24)21-19-11-12-4-9-16(22-2)15(18)10-12/h4-11H,3H2,1-2H3,(H2,20,21,24)/b19-11-. The van der Waals surface area contributed by atoms with Gasteiger partial charge in [-0.05, 0) is 67.2 Å². The SMILES string of the molecule is CCOc1ccc(NC(=S)N/N=C\c2ccc(OC)c(F)c2)cc1. The lowest BCUT2D eigenvalue weighted by atomic mass is 10.2.